The first-order chi connectivity index (χ1) is 31.8. The Labute approximate surface area is 377 Å². The summed E-state index contributed by atoms with van der Waals surface area (Å²) >= 11 is 0. The van der Waals surface area contributed by atoms with Gasteiger partial charge in [-0.1, -0.05) is 127 Å². The van der Waals surface area contributed by atoms with Crippen molar-refractivity contribution in [2.45, 2.75) is 12.8 Å². The summed E-state index contributed by atoms with van der Waals surface area (Å²) in [5.74, 6) is 0. The van der Waals surface area contributed by atoms with Crippen LogP contribution < -0.4 is 19.6 Å². The average molecular weight is 825 g/mol. The van der Waals surface area contributed by atoms with E-state index in [-0.39, 0.29) is 0 Å². The third-order valence-electron chi connectivity index (χ3n) is 11.7. The van der Waals surface area contributed by atoms with Crippen molar-refractivity contribution < 1.29 is 0 Å². The third-order valence-corrected chi connectivity index (χ3v) is 11.7. The first-order valence-corrected chi connectivity index (χ1v) is 22.0. The summed E-state index contributed by atoms with van der Waals surface area (Å²) < 4.78 is 0. The molecule has 308 valence electrons. The molecule has 64 heavy (non-hydrogen) atoms. The predicted octanol–water partition coefficient (Wildman–Crippen LogP) is 17.1. The zero-order valence-corrected chi connectivity index (χ0v) is 35.6. The Kier molecular flexibility index (Phi) is 11.6. The molecule has 0 amide bonds. The molecule has 0 atom stereocenters. The topological polar surface area (TPSA) is 13.0 Å². The molecule has 0 aromatic heterocycles. The molecular weight excluding hydrogens is 777 g/mol. The number of hydrogen-bond acceptors (Lipinski definition) is 4. The molecule has 0 heterocycles. The number of allylic oxidation sites excluding steroid dienone is 4. The molecule has 9 aromatic rings. The van der Waals surface area contributed by atoms with Crippen LogP contribution in [0, 0.1) is 0 Å². The average Bonchev–Trinajstić information content (AvgIpc) is 3.38. The lowest BCUT2D eigenvalue weighted by atomic mass is 10.0. The predicted molar refractivity (Wildman–Crippen MR) is 271 cm³/mol. The molecule has 4 nitrogen and oxygen atoms in total. The molecule has 0 fully saturated rings. The van der Waals surface area contributed by atoms with Crippen LogP contribution in [-0.4, -0.2) is 0 Å². The highest BCUT2D eigenvalue weighted by Crippen LogP contribution is 2.41. The van der Waals surface area contributed by atoms with Gasteiger partial charge >= 0.3 is 0 Å². The Morgan fingerprint density at radius 1 is 0.234 bits per heavy atom. The van der Waals surface area contributed by atoms with Crippen molar-refractivity contribution in [1.82, 2.24) is 0 Å². The molecule has 0 bridgehead atoms. The standard InChI is InChI=1S/C60H48N4/c1-7-19-49(20-8-1)61(50-21-9-2-10-22-50)57-39-43-59(44-40-57)63(53-27-15-5-16-28-53)55-35-31-47(32-36-55)48-33-37-56(38-34-48)64(54-29-17-6-18-30-54)60-45-41-58(42-46-60)62(51-23-11-3-12-24-51)52-25-13-4-14-26-52/h1-13,15-25,27-46H,14,26H2. The van der Waals surface area contributed by atoms with E-state index in [4.69, 9.17) is 0 Å². The van der Waals surface area contributed by atoms with Crippen LogP contribution in [-0.2, 0) is 0 Å². The number of anilines is 11. The number of para-hydroxylation sites is 5. The molecule has 1 aliphatic carbocycles. The second-order valence-electron chi connectivity index (χ2n) is 15.8. The first kappa shape index (κ1) is 39.8. The van der Waals surface area contributed by atoms with E-state index < -0.39 is 0 Å². The van der Waals surface area contributed by atoms with Crippen LogP contribution in [0.3, 0.4) is 0 Å². The summed E-state index contributed by atoms with van der Waals surface area (Å²) in [6.45, 7) is 0. The fourth-order valence-electron chi connectivity index (χ4n) is 8.59. The van der Waals surface area contributed by atoms with Gasteiger partial charge in [0, 0.05) is 68.3 Å². The Balaban J connectivity index is 0.929. The minimum Gasteiger partial charge on any atom is -0.314 e. The molecule has 0 saturated carbocycles. The first-order valence-electron chi connectivity index (χ1n) is 22.0. The largest absolute Gasteiger partial charge is 0.314 e. The highest BCUT2D eigenvalue weighted by Gasteiger charge is 2.19. The summed E-state index contributed by atoms with van der Waals surface area (Å²) in [7, 11) is 0. The summed E-state index contributed by atoms with van der Waals surface area (Å²) in [5, 5.41) is 0. The molecule has 0 unspecified atom stereocenters. The lowest BCUT2D eigenvalue weighted by Crippen LogP contribution is -2.17. The van der Waals surface area contributed by atoms with Gasteiger partial charge < -0.3 is 19.6 Å². The number of rotatable bonds is 13. The molecule has 0 saturated heterocycles. The smallest absolute Gasteiger partial charge is 0.0463 e. The molecule has 1 aliphatic rings. The molecule has 10 rings (SSSR count). The number of hydrogen-bond donors (Lipinski definition) is 0. The van der Waals surface area contributed by atoms with Crippen LogP contribution in [0.4, 0.5) is 62.6 Å². The van der Waals surface area contributed by atoms with E-state index in [0.29, 0.717) is 0 Å². The minimum atomic E-state index is 1.00. The van der Waals surface area contributed by atoms with Gasteiger partial charge in [-0.05, 0) is 164 Å². The number of benzene rings is 9. The van der Waals surface area contributed by atoms with Crippen LogP contribution in [0.5, 0.6) is 0 Å². The van der Waals surface area contributed by atoms with E-state index in [9.17, 15) is 0 Å². The summed E-state index contributed by atoms with van der Waals surface area (Å²) in [4.78, 5) is 9.31. The van der Waals surface area contributed by atoms with Crippen LogP contribution in [0.25, 0.3) is 11.1 Å². The van der Waals surface area contributed by atoms with Crippen molar-refractivity contribution in [3.8, 4) is 11.1 Å². The monoisotopic (exact) mass is 824 g/mol. The zero-order valence-electron chi connectivity index (χ0n) is 35.6. The third kappa shape index (κ3) is 8.58. The van der Waals surface area contributed by atoms with Crippen molar-refractivity contribution in [1.29, 1.82) is 0 Å². The van der Waals surface area contributed by atoms with E-state index in [2.05, 4.69) is 287 Å². The van der Waals surface area contributed by atoms with Gasteiger partial charge in [-0.3, -0.25) is 0 Å². The van der Waals surface area contributed by atoms with Crippen LogP contribution in [0.1, 0.15) is 12.8 Å². The van der Waals surface area contributed by atoms with Gasteiger partial charge in [0.15, 0.2) is 0 Å². The highest BCUT2D eigenvalue weighted by atomic mass is 15.2. The van der Waals surface area contributed by atoms with Crippen molar-refractivity contribution in [2.24, 2.45) is 0 Å². The van der Waals surface area contributed by atoms with Gasteiger partial charge in [0.05, 0.1) is 0 Å². The Bertz CT molecular complexity index is 2890. The van der Waals surface area contributed by atoms with Gasteiger partial charge in [-0.15, -0.1) is 0 Å². The van der Waals surface area contributed by atoms with Crippen molar-refractivity contribution in [3.63, 3.8) is 0 Å². The van der Waals surface area contributed by atoms with Gasteiger partial charge in [0.2, 0.25) is 0 Å². The number of nitrogens with zero attached hydrogens (tertiary/aromatic N) is 4. The summed E-state index contributed by atoms with van der Waals surface area (Å²) in [5.41, 5.74) is 15.8. The normalized spacial score (nSPS) is 12.0. The second kappa shape index (κ2) is 18.7. The van der Waals surface area contributed by atoms with Crippen molar-refractivity contribution >= 4 is 62.6 Å². The molecule has 9 aromatic carbocycles. The summed E-state index contributed by atoms with van der Waals surface area (Å²) in [6.07, 6.45) is 8.69. The van der Waals surface area contributed by atoms with Crippen LogP contribution in [0.15, 0.2) is 273 Å². The van der Waals surface area contributed by atoms with Crippen molar-refractivity contribution in [3.05, 3.63) is 273 Å². The Hall–Kier alpha value is -8.34. The molecular formula is C60H48N4. The Morgan fingerprint density at radius 3 is 0.734 bits per heavy atom. The van der Waals surface area contributed by atoms with Gasteiger partial charge in [-0.2, -0.15) is 0 Å². The SMILES string of the molecule is C1=CCCC(N(c2ccccc2)c2ccc(N(c3ccccc3)c3ccc(-c4ccc(N(c5ccccc5)c5ccc(N(c6ccccc6)c6ccccc6)cc5)cc4)cc3)cc2)=C1. The van der Waals surface area contributed by atoms with E-state index in [1.54, 1.807) is 0 Å². The quantitative estimate of drug-likeness (QED) is 0.115. The highest BCUT2D eigenvalue weighted by molar-refractivity contribution is 5.83. The minimum absolute atomic E-state index is 1.00. The van der Waals surface area contributed by atoms with E-state index in [0.717, 1.165) is 86.5 Å². The van der Waals surface area contributed by atoms with E-state index >= 15 is 0 Å². The van der Waals surface area contributed by atoms with Crippen LogP contribution >= 0.6 is 0 Å². The second-order valence-corrected chi connectivity index (χ2v) is 15.8. The van der Waals surface area contributed by atoms with Crippen LogP contribution in [0.2, 0.25) is 0 Å². The molecule has 0 N–H and O–H groups in total. The van der Waals surface area contributed by atoms with Gasteiger partial charge in [0.25, 0.3) is 0 Å². The van der Waals surface area contributed by atoms with Gasteiger partial charge in [0.1, 0.15) is 0 Å². The fraction of sp³-hybridized carbons (Fsp3) is 0.0333. The maximum absolute atomic E-state index is 2.38. The van der Waals surface area contributed by atoms with Crippen molar-refractivity contribution in [2.75, 3.05) is 19.6 Å². The van der Waals surface area contributed by atoms with E-state index in [1.807, 2.05) is 0 Å². The van der Waals surface area contributed by atoms with Gasteiger partial charge in [-0.25, -0.2) is 0 Å². The molecule has 0 aliphatic heterocycles. The molecule has 0 radical (unpaired) electrons. The zero-order chi connectivity index (χ0) is 42.9. The van der Waals surface area contributed by atoms with E-state index in [1.165, 1.54) is 5.70 Å². The fourth-order valence-corrected chi connectivity index (χ4v) is 8.59. The maximum Gasteiger partial charge on any atom is 0.0463 e. The maximum atomic E-state index is 2.38. The molecule has 0 spiro atoms. The Morgan fingerprint density at radius 2 is 0.469 bits per heavy atom. The lowest BCUT2D eigenvalue weighted by molar-refractivity contribution is 0.917. The lowest BCUT2D eigenvalue weighted by Gasteiger charge is -2.30. The summed E-state index contributed by atoms with van der Waals surface area (Å²) in [6, 6.07) is 88.5. The molecule has 4 heteroatoms.